The molecule has 3 aliphatic rings. The number of anilines is 2. The van der Waals surface area contributed by atoms with Crippen molar-refractivity contribution in [2.24, 2.45) is 11.8 Å². The maximum absolute atomic E-state index is 13.1. The topological polar surface area (TPSA) is 126 Å². The maximum atomic E-state index is 13.1. The number of thiophene rings is 1. The molecule has 0 aliphatic heterocycles. The summed E-state index contributed by atoms with van der Waals surface area (Å²) in [5.41, 5.74) is 7.93. The van der Waals surface area contributed by atoms with Gasteiger partial charge in [0.1, 0.15) is 16.9 Å². The molecule has 156 valence electrons. The molecule has 0 unspecified atom stereocenters. The van der Waals surface area contributed by atoms with Crippen LogP contribution in [0.25, 0.3) is 0 Å². The lowest BCUT2D eigenvalue weighted by molar-refractivity contribution is -0.117. The number of nitrogen functional groups attached to an aromatic ring is 1. The molecular weight excluding hydrogens is 400 g/mol. The van der Waals surface area contributed by atoms with Crippen LogP contribution in [0.2, 0.25) is 0 Å². The summed E-state index contributed by atoms with van der Waals surface area (Å²) in [6.45, 7) is 0.683. The van der Waals surface area contributed by atoms with Gasteiger partial charge in [0.2, 0.25) is 5.91 Å². The van der Waals surface area contributed by atoms with Crippen LogP contribution in [-0.4, -0.2) is 27.9 Å². The predicted octanol–water partition coefficient (Wildman–Crippen LogP) is 2.62. The minimum atomic E-state index is -0.109. The molecule has 0 aromatic carbocycles. The number of aromatic nitrogens is 2. The highest BCUT2D eigenvalue weighted by Crippen LogP contribution is 2.42. The molecular formula is C21H24N6O2S. The number of aryl methyl sites for hydroxylation is 1. The molecule has 2 amide bonds. The molecule has 30 heavy (non-hydrogen) atoms. The molecule has 0 radical (unpaired) electrons. The molecule has 3 aliphatic carbocycles. The van der Waals surface area contributed by atoms with Gasteiger partial charge < -0.3 is 20.9 Å². The lowest BCUT2D eigenvalue weighted by Crippen LogP contribution is -2.28. The van der Waals surface area contributed by atoms with Crippen molar-refractivity contribution < 1.29 is 9.59 Å². The van der Waals surface area contributed by atoms with Crippen molar-refractivity contribution in [3.05, 3.63) is 28.0 Å². The summed E-state index contributed by atoms with van der Waals surface area (Å²) in [7, 11) is 0. The highest BCUT2D eigenvalue weighted by molar-refractivity contribution is 7.17. The van der Waals surface area contributed by atoms with E-state index >= 15 is 0 Å². The van der Waals surface area contributed by atoms with E-state index in [1.165, 1.54) is 11.3 Å². The first kappa shape index (κ1) is 19.1. The third-order valence-electron chi connectivity index (χ3n) is 6.23. The molecule has 9 heteroatoms. The SMILES string of the molecule is N#Cc1ncn([C@H]2CCc3sc(NC(=O)C4CC4)c(C(=O)NCC4CC4)c3C2)c1N. The quantitative estimate of drug-likeness (QED) is 0.657. The molecule has 2 saturated carbocycles. The number of hydrogen-bond acceptors (Lipinski definition) is 6. The number of nitriles is 1. The van der Waals surface area contributed by atoms with Crippen molar-refractivity contribution in [2.75, 3.05) is 17.6 Å². The average molecular weight is 425 g/mol. The van der Waals surface area contributed by atoms with E-state index in [1.54, 1.807) is 6.33 Å². The number of carbonyl (C=O) groups is 2. The largest absolute Gasteiger partial charge is 0.383 e. The van der Waals surface area contributed by atoms with Crippen molar-refractivity contribution in [3.63, 3.8) is 0 Å². The number of carbonyl (C=O) groups excluding carboxylic acids is 2. The molecule has 2 aromatic rings. The fourth-order valence-corrected chi connectivity index (χ4v) is 5.33. The summed E-state index contributed by atoms with van der Waals surface area (Å²) in [4.78, 5) is 30.8. The van der Waals surface area contributed by atoms with E-state index in [0.29, 0.717) is 35.3 Å². The molecule has 5 rings (SSSR count). The number of nitrogens with zero attached hydrogens (tertiary/aromatic N) is 3. The van der Waals surface area contributed by atoms with Gasteiger partial charge in [-0.3, -0.25) is 9.59 Å². The van der Waals surface area contributed by atoms with Crippen molar-refractivity contribution >= 4 is 34.0 Å². The zero-order valence-electron chi connectivity index (χ0n) is 16.6. The minimum Gasteiger partial charge on any atom is -0.383 e. The third kappa shape index (κ3) is 3.56. The second-order valence-electron chi connectivity index (χ2n) is 8.52. The predicted molar refractivity (Wildman–Crippen MR) is 113 cm³/mol. The van der Waals surface area contributed by atoms with Crippen LogP contribution >= 0.6 is 11.3 Å². The molecule has 1 atom stereocenters. The van der Waals surface area contributed by atoms with E-state index in [2.05, 4.69) is 15.6 Å². The normalized spacial score (nSPS) is 20.3. The van der Waals surface area contributed by atoms with E-state index in [-0.39, 0.29) is 29.5 Å². The second-order valence-corrected chi connectivity index (χ2v) is 9.62. The minimum absolute atomic E-state index is 0.0129. The monoisotopic (exact) mass is 424 g/mol. The molecule has 8 nitrogen and oxygen atoms in total. The van der Waals surface area contributed by atoms with Gasteiger partial charge in [0, 0.05) is 23.4 Å². The Kier molecular flexibility index (Phi) is 4.74. The second kappa shape index (κ2) is 7.43. The van der Waals surface area contributed by atoms with Gasteiger partial charge in [-0.15, -0.1) is 11.3 Å². The van der Waals surface area contributed by atoms with E-state index < -0.39 is 0 Å². The van der Waals surface area contributed by atoms with Gasteiger partial charge in [-0.25, -0.2) is 4.98 Å². The van der Waals surface area contributed by atoms with Gasteiger partial charge in [-0.05, 0) is 56.4 Å². The standard InChI is InChI=1S/C21H24N6O2S/c22-8-15-18(23)27(10-25-15)13-5-6-16-14(7-13)17(20(29)24-9-11-1-2-11)21(30-16)26-19(28)12-3-4-12/h10-13H,1-7,9,23H2,(H,24,29)(H,26,28)/t13-/m0/s1. The van der Waals surface area contributed by atoms with Gasteiger partial charge >= 0.3 is 0 Å². The molecule has 2 heterocycles. The average Bonchev–Trinajstić information content (AvgIpc) is 3.66. The Labute approximate surface area is 178 Å². The number of nitrogens with two attached hydrogens (primary N) is 1. The summed E-state index contributed by atoms with van der Waals surface area (Å²) in [5.74, 6) is 0.926. The van der Waals surface area contributed by atoms with Crippen LogP contribution in [0.4, 0.5) is 10.8 Å². The van der Waals surface area contributed by atoms with E-state index in [1.807, 2.05) is 10.6 Å². The third-order valence-corrected chi connectivity index (χ3v) is 7.43. The number of imidazole rings is 1. The number of nitrogens with one attached hydrogen (secondary N) is 2. The number of amides is 2. The van der Waals surface area contributed by atoms with Crippen LogP contribution in [0.1, 0.15) is 64.6 Å². The molecule has 2 aromatic heterocycles. The van der Waals surface area contributed by atoms with Crippen LogP contribution in [0, 0.1) is 23.2 Å². The molecule has 0 bridgehead atoms. The summed E-state index contributed by atoms with van der Waals surface area (Å²) < 4.78 is 1.84. The fourth-order valence-electron chi connectivity index (χ4n) is 4.09. The zero-order valence-corrected chi connectivity index (χ0v) is 17.4. The first-order chi connectivity index (χ1) is 14.5. The Morgan fingerprint density at radius 3 is 2.77 bits per heavy atom. The van der Waals surface area contributed by atoms with E-state index in [0.717, 1.165) is 49.0 Å². The van der Waals surface area contributed by atoms with E-state index in [4.69, 9.17) is 11.0 Å². The summed E-state index contributed by atoms with van der Waals surface area (Å²) in [6.07, 6.45) is 8.05. The van der Waals surface area contributed by atoms with Crippen LogP contribution in [0.3, 0.4) is 0 Å². The summed E-state index contributed by atoms with van der Waals surface area (Å²) in [6, 6.07) is 2.04. The van der Waals surface area contributed by atoms with E-state index in [9.17, 15) is 9.59 Å². The Morgan fingerprint density at radius 2 is 2.10 bits per heavy atom. The molecule has 0 saturated heterocycles. The van der Waals surface area contributed by atoms with Crippen molar-refractivity contribution in [3.8, 4) is 6.07 Å². The van der Waals surface area contributed by atoms with Gasteiger partial charge in [0.25, 0.3) is 5.91 Å². The summed E-state index contributed by atoms with van der Waals surface area (Å²) >= 11 is 1.52. The van der Waals surface area contributed by atoms with Gasteiger partial charge in [-0.2, -0.15) is 5.26 Å². The Hall–Kier alpha value is -2.86. The summed E-state index contributed by atoms with van der Waals surface area (Å²) in [5, 5.41) is 15.9. The zero-order chi connectivity index (χ0) is 20.8. The molecule has 0 spiro atoms. The number of rotatable bonds is 6. The van der Waals surface area contributed by atoms with Crippen molar-refractivity contribution in [1.82, 2.24) is 14.9 Å². The molecule has 4 N–H and O–H groups in total. The lowest BCUT2D eigenvalue weighted by Gasteiger charge is -2.25. The van der Waals surface area contributed by atoms with Crippen molar-refractivity contribution in [2.45, 2.75) is 51.0 Å². The van der Waals surface area contributed by atoms with Gasteiger partial charge in [0.05, 0.1) is 11.9 Å². The van der Waals surface area contributed by atoms with Crippen LogP contribution in [-0.2, 0) is 17.6 Å². The highest BCUT2D eigenvalue weighted by Gasteiger charge is 2.35. The van der Waals surface area contributed by atoms with Crippen molar-refractivity contribution in [1.29, 1.82) is 5.26 Å². The first-order valence-electron chi connectivity index (χ1n) is 10.5. The fraction of sp³-hybridized carbons (Fsp3) is 0.524. The Balaban J connectivity index is 1.45. The van der Waals surface area contributed by atoms with Crippen LogP contribution in [0.15, 0.2) is 6.33 Å². The van der Waals surface area contributed by atoms with Gasteiger partial charge in [-0.1, -0.05) is 0 Å². The van der Waals surface area contributed by atoms with Crippen LogP contribution < -0.4 is 16.4 Å². The maximum Gasteiger partial charge on any atom is 0.254 e. The first-order valence-corrected chi connectivity index (χ1v) is 11.3. The number of fused-ring (bicyclic) bond motifs is 1. The van der Waals surface area contributed by atoms with Gasteiger partial charge in [0.15, 0.2) is 5.69 Å². The molecule has 2 fully saturated rings. The number of hydrogen-bond donors (Lipinski definition) is 3. The Bertz CT molecular complexity index is 1060. The smallest absolute Gasteiger partial charge is 0.254 e. The lowest BCUT2D eigenvalue weighted by atomic mass is 9.91. The highest BCUT2D eigenvalue weighted by atomic mass is 32.1. The van der Waals surface area contributed by atoms with Crippen LogP contribution in [0.5, 0.6) is 0 Å². The Morgan fingerprint density at radius 1 is 1.30 bits per heavy atom.